The lowest BCUT2D eigenvalue weighted by atomic mass is 10.1. The molecule has 2 rings (SSSR count). The number of benzene rings is 1. The van der Waals surface area contributed by atoms with Crippen molar-refractivity contribution in [3.05, 3.63) is 51.2 Å². The van der Waals surface area contributed by atoms with Crippen molar-refractivity contribution in [2.75, 3.05) is 0 Å². The van der Waals surface area contributed by atoms with Crippen LogP contribution in [0.1, 0.15) is 23.5 Å². The van der Waals surface area contributed by atoms with Crippen molar-refractivity contribution in [1.82, 2.24) is 0 Å². The van der Waals surface area contributed by atoms with Gasteiger partial charge in [-0.15, -0.1) is 11.3 Å². The van der Waals surface area contributed by atoms with Gasteiger partial charge < -0.3 is 10.5 Å². The molecule has 0 saturated carbocycles. The van der Waals surface area contributed by atoms with Crippen molar-refractivity contribution >= 4 is 22.9 Å². The highest BCUT2D eigenvalue weighted by Crippen LogP contribution is 2.31. The number of hydrogen-bond acceptors (Lipinski definition) is 3. The minimum absolute atomic E-state index is 0.0970. The first kappa shape index (κ1) is 13.4. The maximum atomic E-state index is 6.00. The summed E-state index contributed by atoms with van der Waals surface area (Å²) in [7, 11) is 0. The van der Waals surface area contributed by atoms with Gasteiger partial charge in [-0.1, -0.05) is 23.7 Å². The minimum Gasteiger partial charge on any atom is -0.483 e. The first-order valence-electron chi connectivity index (χ1n) is 5.80. The molecule has 0 amide bonds. The normalized spacial score (nSPS) is 14.2. The molecule has 2 unspecified atom stereocenters. The lowest BCUT2D eigenvalue weighted by Crippen LogP contribution is -2.28. The van der Waals surface area contributed by atoms with E-state index in [1.807, 2.05) is 50.2 Å². The molecule has 0 bridgehead atoms. The Morgan fingerprint density at radius 1 is 1.28 bits per heavy atom. The Kier molecular flexibility index (Phi) is 4.27. The van der Waals surface area contributed by atoms with Gasteiger partial charge >= 0.3 is 0 Å². The number of thiophene rings is 1. The first-order chi connectivity index (χ1) is 8.56. The maximum Gasteiger partial charge on any atom is 0.148 e. The Morgan fingerprint density at radius 2 is 2.06 bits per heavy atom. The highest BCUT2D eigenvalue weighted by Gasteiger charge is 2.20. The van der Waals surface area contributed by atoms with Crippen LogP contribution in [0.2, 0.25) is 4.34 Å². The predicted molar refractivity (Wildman–Crippen MR) is 77.5 cm³/mol. The van der Waals surface area contributed by atoms with Crippen LogP contribution in [0, 0.1) is 6.92 Å². The number of nitrogens with two attached hydrogens (primary N) is 1. The first-order valence-corrected chi connectivity index (χ1v) is 7.00. The SMILES string of the molecule is Cc1cccc(OC(c2ccc(Cl)s2)C(C)N)c1. The Balaban J connectivity index is 2.22. The van der Waals surface area contributed by atoms with Crippen LogP contribution in [0.3, 0.4) is 0 Å². The van der Waals surface area contributed by atoms with E-state index in [4.69, 9.17) is 22.1 Å². The van der Waals surface area contributed by atoms with Gasteiger partial charge in [0.2, 0.25) is 0 Å². The summed E-state index contributed by atoms with van der Waals surface area (Å²) < 4.78 is 6.74. The lowest BCUT2D eigenvalue weighted by Gasteiger charge is -2.21. The summed E-state index contributed by atoms with van der Waals surface area (Å²) in [5, 5.41) is 0. The fourth-order valence-corrected chi connectivity index (χ4v) is 2.95. The standard InChI is InChI=1S/C14H16ClNOS/c1-9-4-3-5-11(8-9)17-14(10(2)16)12-6-7-13(15)18-12/h3-8,10,14H,16H2,1-2H3. The third-order valence-corrected chi connectivity index (χ3v) is 3.90. The van der Waals surface area contributed by atoms with Crippen molar-refractivity contribution in [1.29, 1.82) is 0 Å². The molecule has 0 aliphatic carbocycles. The van der Waals surface area contributed by atoms with Gasteiger partial charge in [-0.3, -0.25) is 0 Å². The van der Waals surface area contributed by atoms with Crippen molar-refractivity contribution in [2.24, 2.45) is 5.73 Å². The summed E-state index contributed by atoms with van der Waals surface area (Å²) in [6.45, 7) is 3.98. The van der Waals surface area contributed by atoms with Gasteiger partial charge in [0.1, 0.15) is 11.9 Å². The van der Waals surface area contributed by atoms with Crippen molar-refractivity contribution in [3.63, 3.8) is 0 Å². The average Bonchev–Trinajstić information content (AvgIpc) is 2.72. The number of halogens is 1. The molecule has 0 saturated heterocycles. The fraction of sp³-hybridized carbons (Fsp3) is 0.286. The number of aryl methyl sites for hydroxylation is 1. The Hall–Kier alpha value is -1.03. The van der Waals surface area contributed by atoms with Gasteiger partial charge in [-0.2, -0.15) is 0 Å². The predicted octanol–water partition coefficient (Wildman–Crippen LogP) is 4.18. The number of hydrogen-bond donors (Lipinski definition) is 1. The molecule has 0 radical (unpaired) electrons. The van der Waals surface area contributed by atoms with Crippen LogP contribution in [0.4, 0.5) is 0 Å². The monoisotopic (exact) mass is 281 g/mol. The van der Waals surface area contributed by atoms with Crippen molar-refractivity contribution < 1.29 is 4.74 Å². The van der Waals surface area contributed by atoms with Crippen LogP contribution in [-0.4, -0.2) is 6.04 Å². The smallest absolute Gasteiger partial charge is 0.148 e. The van der Waals surface area contributed by atoms with Crippen LogP contribution < -0.4 is 10.5 Å². The zero-order valence-corrected chi connectivity index (χ0v) is 12.0. The highest BCUT2D eigenvalue weighted by molar-refractivity contribution is 7.16. The van der Waals surface area contributed by atoms with E-state index in [1.54, 1.807) is 0 Å². The van der Waals surface area contributed by atoms with Crippen molar-refractivity contribution in [2.45, 2.75) is 26.0 Å². The topological polar surface area (TPSA) is 35.2 Å². The van der Waals surface area contributed by atoms with Crippen LogP contribution in [0.15, 0.2) is 36.4 Å². The quantitative estimate of drug-likeness (QED) is 0.912. The van der Waals surface area contributed by atoms with E-state index >= 15 is 0 Å². The Labute approximate surface area is 116 Å². The third kappa shape index (κ3) is 3.25. The molecule has 0 spiro atoms. The summed E-state index contributed by atoms with van der Waals surface area (Å²) in [6, 6.07) is 11.7. The van der Waals surface area contributed by atoms with Gasteiger partial charge in [0, 0.05) is 10.9 Å². The fourth-order valence-electron chi connectivity index (χ4n) is 1.74. The number of rotatable bonds is 4. The van der Waals surface area contributed by atoms with E-state index in [0.29, 0.717) is 0 Å². The van der Waals surface area contributed by atoms with E-state index in [-0.39, 0.29) is 12.1 Å². The van der Waals surface area contributed by atoms with E-state index < -0.39 is 0 Å². The van der Waals surface area contributed by atoms with E-state index in [9.17, 15) is 0 Å². The largest absolute Gasteiger partial charge is 0.483 e. The molecule has 2 N–H and O–H groups in total. The molecule has 0 fully saturated rings. The molecule has 4 heteroatoms. The van der Waals surface area contributed by atoms with Gasteiger partial charge in [0.05, 0.1) is 4.34 Å². The summed E-state index contributed by atoms with van der Waals surface area (Å²) in [5.74, 6) is 0.835. The van der Waals surface area contributed by atoms with Crippen molar-refractivity contribution in [3.8, 4) is 5.75 Å². The van der Waals surface area contributed by atoms with Crippen LogP contribution in [0.25, 0.3) is 0 Å². The number of ether oxygens (including phenoxy) is 1. The van der Waals surface area contributed by atoms with Crippen LogP contribution in [0.5, 0.6) is 5.75 Å². The third-order valence-electron chi connectivity index (χ3n) is 2.60. The molecule has 18 heavy (non-hydrogen) atoms. The van der Waals surface area contributed by atoms with Crippen LogP contribution in [-0.2, 0) is 0 Å². The highest BCUT2D eigenvalue weighted by atomic mass is 35.5. The zero-order chi connectivity index (χ0) is 13.1. The second-order valence-electron chi connectivity index (χ2n) is 4.36. The van der Waals surface area contributed by atoms with E-state index in [2.05, 4.69) is 0 Å². The van der Waals surface area contributed by atoms with Gasteiger partial charge in [-0.25, -0.2) is 0 Å². The molecule has 1 aromatic heterocycles. The van der Waals surface area contributed by atoms with Gasteiger partial charge in [-0.05, 0) is 43.7 Å². The summed E-state index contributed by atoms with van der Waals surface area (Å²) in [6.07, 6.45) is -0.163. The molecule has 1 aromatic carbocycles. The molecule has 0 aliphatic heterocycles. The zero-order valence-electron chi connectivity index (χ0n) is 10.4. The molecular weight excluding hydrogens is 266 g/mol. The summed E-state index contributed by atoms with van der Waals surface area (Å²) in [5.41, 5.74) is 7.17. The molecule has 2 nitrogen and oxygen atoms in total. The lowest BCUT2D eigenvalue weighted by molar-refractivity contribution is 0.184. The molecule has 1 heterocycles. The van der Waals surface area contributed by atoms with Crippen LogP contribution >= 0.6 is 22.9 Å². The van der Waals surface area contributed by atoms with E-state index in [1.165, 1.54) is 16.9 Å². The van der Waals surface area contributed by atoms with E-state index in [0.717, 1.165) is 15.0 Å². The molecule has 96 valence electrons. The maximum absolute atomic E-state index is 6.00. The Bertz CT molecular complexity index is 524. The average molecular weight is 282 g/mol. The molecule has 2 atom stereocenters. The summed E-state index contributed by atoms with van der Waals surface area (Å²) in [4.78, 5) is 1.05. The minimum atomic E-state index is -0.163. The molecule has 2 aromatic rings. The second-order valence-corrected chi connectivity index (χ2v) is 6.10. The van der Waals surface area contributed by atoms with Gasteiger partial charge in [0.25, 0.3) is 0 Å². The molecular formula is C14H16ClNOS. The molecule has 0 aliphatic rings. The second kappa shape index (κ2) is 5.74. The summed E-state index contributed by atoms with van der Waals surface area (Å²) >= 11 is 7.47. The Morgan fingerprint density at radius 3 is 2.61 bits per heavy atom. The van der Waals surface area contributed by atoms with Gasteiger partial charge in [0.15, 0.2) is 0 Å².